The second-order valence-electron chi connectivity index (χ2n) is 6.20. The van der Waals surface area contributed by atoms with Crippen LogP contribution in [0.15, 0.2) is 54.9 Å². The molecular weight excluding hydrogens is 349 g/mol. The molecule has 1 aromatic heterocycles. The maximum absolute atomic E-state index is 13.9. The first-order valence-corrected chi connectivity index (χ1v) is 8.46. The van der Waals surface area contributed by atoms with E-state index in [9.17, 15) is 14.5 Å². The number of hydrogen-bond acceptors (Lipinski definition) is 6. The molecule has 0 bridgehead atoms. The summed E-state index contributed by atoms with van der Waals surface area (Å²) in [6.07, 6.45) is 2.03. The zero-order chi connectivity index (χ0) is 18.8. The van der Waals surface area contributed by atoms with E-state index in [0.717, 1.165) is 12.0 Å². The molecule has 0 saturated carbocycles. The van der Waals surface area contributed by atoms with Gasteiger partial charge in [0.05, 0.1) is 10.6 Å². The fourth-order valence-corrected chi connectivity index (χ4v) is 3.23. The lowest BCUT2D eigenvalue weighted by atomic mass is 10.00. The van der Waals surface area contributed by atoms with E-state index in [2.05, 4.69) is 21.4 Å². The molecule has 0 radical (unpaired) electrons. The van der Waals surface area contributed by atoms with Crippen molar-refractivity contribution in [2.45, 2.75) is 13.0 Å². The molecule has 1 N–H and O–H groups in total. The first kappa shape index (κ1) is 16.9. The van der Waals surface area contributed by atoms with Gasteiger partial charge in [-0.1, -0.05) is 36.4 Å². The Labute approximate surface area is 154 Å². The zero-order valence-corrected chi connectivity index (χ0v) is 14.3. The van der Waals surface area contributed by atoms with Crippen molar-refractivity contribution < 1.29 is 9.31 Å². The number of hydrogen-bond donors (Lipinski definition) is 1. The summed E-state index contributed by atoms with van der Waals surface area (Å²) in [7, 11) is 0. The summed E-state index contributed by atoms with van der Waals surface area (Å²) in [5, 5.41) is 14.5. The summed E-state index contributed by atoms with van der Waals surface area (Å²) in [6, 6.07) is 14.0. The zero-order valence-electron chi connectivity index (χ0n) is 14.3. The van der Waals surface area contributed by atoms with Crippen LogP contribution in [-0.4, -0.2) is 21.4 Å². The van der Waals surface area contributed by atoms with Gasteiger partial charge in [0.2, 0.25) is 11.6 Å². The summed E-state index contributed by atoms with van der Waals surface area (Å²) in [5.41, 5.74) is 2.20. The molecule has 0 amide bonds. The van der Waals surface area contributed by atoms with Crippen LogP contribution in [0.25, 0.3) is 0 Å². The molecule has 0 unspecified atom stereocenters. The molecule has 136 valence electrons. The molecule has 1 aliphatic rings. The molecule has 0 fully saturated rings. The summed E-state index contributed by atoms with van der Waals surface area (Å²) in [6.45, 7) is 1.13. The first-order valence-electron chi connectivity index (χ1n) is 8.46. The summed E-state index contributed by atoms with van der Waals surface area (Å²) in [5.74, 6) is -0.323. The largest absolute Gasteiger partial charge is 0.353 e. The minimum Gasteiger partial charge on any atom is -0.346 e. The predicted molar refractivity (Wildman–Crippen MR) is 99.6 cm³/mol. The van der Waals surface area contributed by atoms with E-state index in [4.69, 9.17) is 0 Å². The minimum absolute atomic E-state index is 0.0334. The fraction of sp³-hybridized carbons (Fsp3) is 0.158. The number of benzene rings is 2. The van der Waals surface area contributed by atoms with E-state index in [0.29, 0.717) is 13.1 Å². The molecule has 1 aliphatic heterocycles. The number of nitrogens with zero attached hydrogens (tertiary/aromatic N) is 4. The van der Waals surface area contributed by atoms with Crippen molar-refractivity contribution in [1.82, 2.24) is 9.97 Å². The van der Waals surface area contributed by atoms with Crippen molar-refractivity contribution in [3.63, 3.8) is 0 Å². The van der Waals surface area contributed by atoms with Gasteiger partial charge in [0.25, 0.3) is 0 Å². The van der Waals surface area contributed by atoms with E-state index in [1.165, 1.54) is 24.0 Å². The molecule has 0 saturated heterocycles. The summed E-state index contributed by atoms with van der Waals surface area (Å²) in [4.78, 5) is 21.2. The Balaban J connectivity index is 1.72. The van der Waals surface area contributed by atoms with Crippen molar-refractivity contribution in [2.24, 2.45) is 0 Å². The maximum atomic E-state index is 13.9. The number of nitrogens with one attached hydrogen (secondary N) is 1. The van der Waals surface area contributed by atoms with Crippen LogP contribution >= 0.6 is 0 Å². The molecule has 0 aliphatic carbocycles. The SMILES string of the molecule is O=[N+]([O-])c1c(Nc2ccccc2F)ncnc1N1CCc2ccccc2C1. The Morgan fingerprint density at radius 2 is 1.81 bits per heavy atom. The smallest absolute Gasteiger partial charge is 0.346 e. The number of halogens is 1. The van der Waals surface area contributed by atoms with Gasteiger partial charge in [-0.2, -0.15) is 0 Å². The molecule has 0 atom stereocenters. The quantitative estimate of drug-likeness (QED) is 0.559. The number of nitro groups is 1. The Morgan fingerprint density at radius 3 is 2.59 bits per heavy atom. The van der Waals surface area contributed by atoms with E-state index in [1.807, 2.05) is 23.1 Å². The van der Waals surface area contributed by atoms with Gasteiger partial charge in [0, 0.05) is 13.1 Å². The van der Waals surface area contributed by atoms with Gasteiger partial charge in [-0.15, -0.1) is 0 Å². The van der Waals surface area contributed by atoms with Gasteiger partial charge in [0.15, 0.2) is 0 Å². The van der Waals surface area contributed by atoms with Gasteiger partial charge in [-0.25, -0.2) is 14.4 Å². The molecule has 0 spiro atoms. The minimum atomic E-state index is -0.529. The number of para-hydroxylation sites is 1. The highest BCUT2D eigenvalue weighted by Gasteiger charge is 2.29. The lowest BCUT2D eigenvalue weighted by molar-refractivity contribution is -0.383. The molecule has 8 heteroatoms. The van der Waals surface area contributed by atoms with Crippen LogP contribution in [0, 0.1) is 15.9 Å². The third-order valence-corrected chi connectivity index (χ3v) is 4.54. The fourth-order valence-electron chi connectivity index (χ4n) is 3.23. The number of rotatable bonds is 4. The molecule has 3 aromatic rings. The Bertz CT molecular complexity index is 1010. The van der Waals surface area contributed by atoms with E-state index >= 15 is 0 Å². The molecule has 2 heterocycles. The lowest BCUT2D eigenvalue weighted by Crippen LogP contribution is -2.31. The second-order valence-corrected chi connectivity index (χ2v) is 6.20. The van der Waals surface area contributed by atoms with Gasteiger partial charge in [-0.05, 0) is 29.7 Å². The highest BCUT2D eigenvalue weighted by Crippen LogP contribution is 2.36. The van der Waals surface area contributed by atoms with Gasteiger partial charge >= 0.3 is 5.69 Å². The summed E-state index contributed by atoms with van der Waals surface area (Å²) >= 11 is 0. The average Bonchev–Trinajstić information content (AvgIpc) is 2.69. The van der Waals surface area contributed by atoms with Crippen LogP contribution in [0.5, 0.6) is 0 Å². The van der Waals surface area contributed by atoms with E-state index in [-0.39, 0.29) is 23.0 Å². The van der Waals surface area contributed by atoms with Crippen LogP contribution in [0.1, 0.15) is 11.1 Å². The third kappa shape index (κ3) is 3.29. The Kier molecular flexibility index (Phi) is 4.37. The lowest BCUT2D eigenvalue weighted by Gasteiger charge is -2.29. The summed E-state index contributed by atoms with van der Waals surface area (Å²) < 4.78 is 13.9. The molecule has 27 heavy (non-hydrogen) atoms. The Hall–Kier alpha value is -3.55. The van der Waals surface area contributed by atoms with Crippen molar-refractivity contribution in [1.29, 1.82) is 0 Å². The van der Waals surface area contributed by atoms with Gasteiger partial charge in [0.1, 0.15) is 12.1 Å². The predicted octanol–water partition coefficient (Wildman–Crippen LogP) is 3.83. The molecule has 4 rings (SSSR count). The van der Waals surface area contributed by atoms with Gasteiger partial charge in [-0.3, -0.25) is 10.1 Å². The van der Waals surface area contributed by atoms with Crippen LogP contribution < -0.4 is 10.2 Å². The second kappa shape index (κ2) is 6.99. The standard InChI is InChI=1S/C19H16FN5O2/c20-15-7-3-4-8-16(15)23-18-17(25(26)27)19(22-12-21-18)24-10-9-13-5-1-2-6-14(13)11-24/h1-8,12H,9-11H2,(H,21,22,23). The highest BCUT2D eigenvalue weighted by atomic mass is 19.1. The topological polar surface area (TPSA) is 84.2 Å². The first-order chi connectivity index (χ1) is 13.1. The monoisotopic (exact) mass is 365 g/mol. The van der Waals surface area contributed by atoms with Crippen LogP contribution in [0.3, 0.4) is 0 Å². The van der Waals surface area contributed by atoms with Crippen LogP contribution in [-0.2, 0) is 13.0 Å². The van der Waals surface area contributed by atoms with E-state index < -0.39 is 10.7 Å². The molecular formula is C19H16FN5O2. The molecule has 7 nitrogen and oxygen atoms in total. The number of anilines is 3. The third-order valence-electron chi connectivity index (χ3n) is 4.54. The normalized spacial score (nSPS) is 13.1. The highest BCUT2D eigenvalue weighted by molar-refractivity contribution is 5.74. The van der Waals surface area contributed by atoms with E-state index in [1.54, 1.807) is 12.1 Å². The van der Waals surface area contributed by atoms with Gasteiger partial charge < -0.3 is 10.2 Å². The van der Waals surface area contributed by atoms with Crippen molar-refractivity contribution >= 4 is 23.0 Å². The van der Waals surface area contributed by atoms with Crippen molar-refractivity contribution in [3.8, 4) is 0 Å². The maximum Gasteiger partial charge on any atom is 0.353 e. The van der Waals surface area contributed by atoms with Crippen molar-refractivity contribution in [2.75, 3.05) is 16.8 Å². The number of fused-ring (bicyclic) bond motifs is 1. The van der Waals surface area contributed by atoms with Crippen LogP contribution in [0.2, 0.25) is 0 Å². The average molecular weight is 365 g/mol. The Morgan fingerprint density at radius 1 is 1.07 bits per heavy atom. The van der Waals surface area contributed by atoms with Crippen LogP contribution in [0.4, 0.5) is 27.4 Å². The van der Waals surface area contributed by atoms with Crippen molar-refractivity contribution in [3.05, 3.63) is 81.9 Å². The molecule has 2 aromatic carbocycles. The number of aromatic nitrogens is 2.